The molecule has 0 atom stereocenters. The van der Waals surface area contributed by atoms with Crippen LogP contribution in [0.4, 0.5) is 0 Å². The van der Waals surface area contributed by atoms with Gasteiger partial charge >= 0.3 is 0 Å². The first-order chi connectivity index (χ1) is 10.2. The highest BCUT2D eigenvalue weighted by molar-refractivity contribution is 5.76. The Morgan fingerprint density at radius 2 is 2.24 bits per heavy atom. The van der Waals surface area contributed by atoms with E-state index in [0.29, 0.717) is 25.5 Å². The number of aromatic nitrogens is 2. The average molecular weight is 293 g/mol. The van der Waals surface area contributed by atoms with E-state index in [-0.39, 0.29) is 5.91 Å². The number of amides is 1. The van der Waals surface area contributed by atoms with Crippen LogP contribution in [0.3, 0.4) is 0 Å². The summed E-state index contributed by atoms with van der Waals surface area (Å²) in [5.41, 5.74) is 1.14. The molecular formula is C16H27N3O2. The summed E-state index contributed by atoms with van der Waals surface area (Å²) in [6.07, 6.45) is 8.35. The van der Waals surface area contributed by atoms with Gasteiger partial charge in [-0.15, -0.1) is 0 Å². The molecule has 1 aromatic heterocycles. The summed E-state index contributed by atoms with van der Waals surface area (Å²) >= 11 is 0. The standard InChI is InChI=1S/C16H27N3O2/c1-13-12-18-15(19(13)9-10-21-2)7-8-17-16(20)11-14-5-3-4-6-14/h12,14H,3-11H2,1-2H3,(H,17,20). The molecule has 0 saturated heterocycles. The zero-order chi connectivity index (χ0) is 15.1. The summed E-state index contributed by atoms with van der Waals surface area (Å²) in [5.74, 6) is 1.82. The van der Waals surface area contributed by atoms with Crippen LogP contribution < -0.4 is 5.32 Å². The van der Waals surface area contributed by atoms with Gasteiger partial charge in [-0.25, -0.2) is 4.98 Å². The van der Waals surface area contributed by atoms with Crippen LogP contribution in [0.5, 0.6) is 0 Å². The van der Waals surface area contributed by atoms with Crippen LogP contribution >= 0.6 is 0 Å². The molecule has 21 heavy (non-hydrogen) atoms. The molecule has 1 fully saturated rings. The number of hydrogen-bond acceptors (Lipinski definition) is 3. The van der Waals surface area contributed by atoms with Crippen molar-refractivity contribution in [3.05, 3.63) is 17.7 Å². The maximum Gasteiger partial charge on any atom is 0.220 e. The van der Waals surface area contributed by atoms with Crippen molar-refractivity contribution in [2.24, 2.45) is 5.92 Å². The molecule has 1 aromatic rings. The van der Waals surface area contributed by atoms with Gasteiger partial charge < -0.3 is 14.6 Å². The Bertz CT molecular complexity index is 450. The minimum atomic E-state index is 0.189. The normalized spacial score (nSPS) is 15.5. The molecule has 5 heteroatoms. The first-order valence-corrected chi connectivity index (χ1v) is 7.97. The summed E-state index contributed by atoms with van der Waals surface area (Å²) in [5, 5.41) is 3.03. The third-order valence-electron chi connectivity index (χ3n) is 4.28. The zero-order valence-corrected chi connectivity index (χ0v) is 13.2. The van der Waals surface area contributed by atoms with Crippen LogP contribution in [0, 0.1) is 12.8 Å². The molecule has 5 nitrogen and oxygen atoms in total. The van der Waals surface area contributed by atoms with Crippen molar-refractivity contribution in [1.29, 1.82) is 0 Å². The van der Waals surface area contributed by atoms with Crippen LogP contribution in [-0.2, 0) is 22.5 Å². The van der Waals surface area contributed by atoms with Crippen LogP contribution in [0.2, 0.25) is 0 Å². The maximum atomic E-state index is 11.9. The van der Waals surface area contributed by atoms with E-state index in [2.05, 4.69) is 14.9 Å². The summed E-state index contributed by atoms with van der Waals surface area (Å²) in [6, 6.07) is 0. The van der Waals surface area contributed by atoms with Gasteiger partial charge in [-0.2, -0.15) is 0 Å². The first-order valence-electron chi connectivity index (χ1n) is 7.97. The SMILES string of the molecule is COCCn1c(C)cnc1CCNC(=O)CC1CCCC1. The first kappa shape index (κ1) is 16.0. The summed E-state index contributed by atoms with van der Waals surface area (Å²) in [4.78, 5) is 16.3. The largest absolute Gasteiger partial charge is 0.383 e. The van der Waals surface area contributed by atoms with Gasteiger partial charge in [0, 0.05) is 44.9 Å². The van der Waals surface area contributed by atoms with E-state index in [0.717, 1.165) is 24.5 Å². The van der Waals surface area contributed by atoms with Crippen molar-refractivity contribution in [2.75, 3.05) is 20.3 Å². The second-order valence-electron chi connectivity index (χ2n) is 5.91. The highest BCUT2D eigenvalue weighted by atomic mass is 16.5. The predicted molar refractivity (Wildman–Crippen MR) is 82.1 cm³/mol. The van der Waals surface area contributed by atoms with E-state index >= 15 is 0 Å². The fourth-order valence-corrected chi connectivity index (χ4v) is 3.06. The van der Waals surface area contributed by atoms with Gasteiger partial charge in [0.2, 0.25) is 5.91 Å². The molecule has 2 rings (SSSR count). The molecule has 0 radical (unpaired) electrons. The van der Waals surface area contributed by atoms with Gasteiger partial charge in [-0.3, -0.25) is 4.79 Å². The summed E-state index contributed by atoms with van der Waals surface area (Å²) in [6.45, 7) is 4.20. The minimum absolute atomic E-state index is 0.189. The quantitative estimate of drug-likeness (QED) is 0.798. The third-order valence-corrected chi connectivity index (χ3v) is 4.28. The maximum absolute atomic E-state index is 11.9. The van der Waals surface area contributed by atoms with Crippen molar-refractivity contribution in [3.63, 3.8) is 0 Å². The average Bonchev–Trinajstić information content (AvgIpc) is 3.08. The number of carbonyl (C=O) groups excluding carboxylic acids is 1. The highest BCUT2D eigenvalue weighted by Crippen LogP contribution is 2.27. The number of methoxy groups -OCH3 is 1. The molecule has 0 aliphatic heterocycles. The van der Waals surface area contributed by atoms with Gasteiger partial charge in [0.05, 0.1) is 6.61 Å². The van der Waals surface area contributed by atoms with Gasteiger partial charge in [0.15, 0.2) is 0 Å². The molecule has 0 bridgehead atoms. The van der Waals surface area contributed by atoms with Crippen molar-refractivity contribution in [3.8, 4) is 0 Å². The minimum Gasteiger partial charge on any atom is -0.383 e. The lowest BCUT2D eigenvalue weighted by molar-refractivity contribution is -0.121. The Labute approximate surface area is 127 Å². The number of ether oxygens (including phenoxy) is 1. The van der Waals surface area contributed by atoms with Crippen LogP contribution in [0.15, 0.2) is 6.20 Å². The Morgan fingerprint density at radius 3 is 2.95 bits per heavy atom. The van der Waals surface area contributed by atoms with Crippen molar-refractivity contribution >= 4 is 5.91 Å². The molecule has 1 N–H and O–H groups in total. The number of nitrogens with zero attached hydrogens (tertiary/aromatic N) is 2. The Kier molecular flexibility index (Phi) is 6.23. The van der Waals surface area contributed by atoms with Crippen LogP contribution in [-0.4, -0.2) is 35.7 Å². The van der Waals surface area contributed by atoms with E-state index < -0.39 is 0 Å². The zero-order valence-electron chi connectivity index (χ0n) is 13.2. The molecule has 1 aliphatic carbocycles. The monoisotopic (exact) mass is 293 g/mol. The number of hydrogen-bond donors (Lipinski definition) is 1. The molecule has 1 heterocycles. The van der Waals surface area contributed by atoms with Crippen LogP contribution in [0.25, 0.3) is 0 Å². The van der Waals surface area contributed by atoms with Crippen molar-refractivity contribution in [2.45, 2.75) is 52.0 Å². The molecular weight excluding hydrogens is 266 g/mol. The molecule has 1 aliphatic rings. The summed E-state index contributed by atoms with van der Waals surface area (Å²) in [7, 11) is 1.70. The molecule has 0 unspecified atom stereocenters. The number of carbonyl (C=O) groups is 1. The Hall–Kier alpha value is -1.36. The molecule has 118 valence electrons. The second-order valence-corrected chi connectivity index (χ2v) is 5.91. The summed E-state index contributed by atoms with van der Waals surface area (Å²) < 4.78 is 7.28. The molecule has 0 spiro atoms. The second kappa shape index (κ2) is 8.17. The van der Waals surface area contributed by atoms with Crippen LogP contribution in [0.1, 0.15) is 43.6 Å². The van der Waals surface area contributed by atoms with Crippen molar-refractivity contribution in [1.82, 2.24) is 14.9 Å². The molecule has 1 saturated carbocycles. The van der Waals surface area contributed by atoms with E-state index in [1.54, 1.807) is 7.11 Å². The number of nitrogens with one attached hydrogen (secondary N) is 1. The van der Waals surface area contributed by atoms with E-state index in [9.17, 15) is 4.79 Å². The fourth-order valence-electron chi connectivity index (χ4n) is 3.06. The van der Waals surface area contributed by atoms with Crippen molar-refractivity contribution < 1.29 is 9.53 Å². The van der Waals surface area contributed by atoms with Gasteiger partial charge in [0.1, 0.15) is 5.82 Å². The van der Waals surface area contributed by atoms with E-state index in [4.69, 9.17) is 4.74 Å². The van der Waals surface area contributed by atoms with Gasteiger partial charge in [0.25, 0.3) is 0 Å². The number of rotatable bonds is 8. The predicted octanol–water partition coefficient (Wildman–Crippen LogP) is 2.08. The number of aryl methyl sites for hydroxylation is 1. The Morgan fingerprint density at radius 1 is 1.48 bits per heavy atom. The third kappa shape index (κ3) is 4.84. The van der Waals surface area contributed by atoms with Gasteiger partial charge in [-0.05, 0) is 25.7 Å². The smallest absolute Gasteiger partial charge is 0.220 e. The lowest BCUT2D eigenvalue weighted by atomic mass is 10.0. The molecule has 0 aromatic carbocycles. The fraction of sp³-hybridized carbons (Fsp3) is 0.750. The van der Waals surface area contributed by atoms with E-state index in [1.807, 2.05) is 13.1 Å². The lowest BCUT2D eigenvalue weighted by Gasteiger charge is -2.11. The molecule has 1 amide bonds. The van der Waals surface area contributed by atoms with Gasteiger partial charge in [-0.1, -0.05) is 12.8 Å². The lowest BCUT2D eigenvalue weighted by Crippen LogP contribution is -2.28. The Balaban J connectivity index is 1.73. The topological polar surface area (TPSA) is 56.1 Å². The van der Waals surface area contributed by atoms with E-state index in [1.165, 1.54) is 25.7 Å². The number of imidazole rings is 1. The highest BCUT2D eigenvalue weighted by Gasteiger charge is 2.18.